The van der Waals surface area contributed by atoms with Gasteiger partial charge in [0.1, 0.15) is 0 Å². The minimum atomic E-state index is -3.68. The van der Waals surface area contributed by atoms with Crippen LogP contribution in [0.25, 0.3) is 6.08 Å². The first-order valence-electron chi connectivity index (χ1n) is 5.82. The number of hydrogen-bond donors (Lipinski definition) is 0. The van der Waals surface area contributed by atoms with E-state index in [0.717, 1.165) is 17.5 Å². The second-order valence-corrected chi connectivity index (χ2v) is 6.36. The van der Waals surface area contributed by atoms with E-state index in [-0.39, 0.29) is 10.6 Å². The molecule has 0 radical (unpaired) electrons. The molecular formula is C14H10ClNO4S. The van der Waals surface area contributed by atoms with Gasteiger partial charge >= 0.3 is 0 Å². The molecule has 0 aliphatic carbocycles. The minimum Gasteiger partial charge on any atom is -0.258 e. The lowest BCUT2D eigenvalue weighted by Crippen LogP contribution is -1.96. The van der Waals surface area contributed by atoms with Crippen LogP contribution in [0.2, 0.25) is 5.02 Å². The fourth-order valence-electron chi connectivity index (χ4n) is 1.61. The molecule has 0 spiro atoms. The zero-order chi connectivity index (χ0) is 15.5. The Bertz CT molecular complexity index is 798. The molecule has 0 bridgehead atoms. The third-order valence-electron chi connectivity index (χ3n) is 2.71. The Labute approximate surface area is 126 Å². The van der Waals surface area contributed by atoms with Crippen molar-refractivity contribution in [3.63, 3.8) is 0 Å². The summed E-state index contributed by atoms with van der Waals surface area (Å²) in [6.07, 6.45) is 1.39. The first-order valence-corrected chi connectivity index (χ1v) is 7.75. The molecule has 5 nitrogen and oxygen atoms in total. The zero-order valence-electron chi connectivity index (χ0n) is 10.6. The number of halogens is 1. The van der Waals surface area contributed by atoms with Crippen LogP contribution in [0.3, 0.4) is 0 Å². The number of sulfone groups is 1. The number of nitro groups is 1. The summed E-state index contributed by atoms with van der Waals surface area (Å²) in [6.45, 7) is 0. The van der Waals surface area contributed by atoms with Gasteiger partial charge in [0, 0.05) is 22.6 Å². The smallest absolute Gasteiger partial charge is 0.258 e. The van der Waals surface area contributed by atoms with Crippen molar-refractivity contribution in [1.29, 1.82) is 0 Å². The number of hydrogen-bond acceptors (Lipinski definition) is 4. The Hall–Kier alpha value is -2.18. The lowest BCUT2D eigenvalue weighted by Gasteiger charge is -2.00. The molecule has 2 aromatic rings. The number of nitrogens with zero attached hydrogens (tertiary/aromatic N) is 1. The Morgan fingerprint density at radius 3 is 2.24 bits per heavy atom. The zero-order valence-corrected chi connectivity index (χ0v) is 12.2. The summed E-state index contributed by atoms with van der Waals surface area (Å²) in [7, 11) is -3.68. The highest BCUT2D eigenvalue weighted by atomic mass is 35.5. The highest BCUT2D eigenvalue weighted by Gasteiger charge is 2.13. The molecule has 0 atom stereocenters. The lowest BCUT2D eigenvalue weighted by atomic mass is 10.2. The van der Waals surface area contributed by atoms with E-state index in [2.05, 4.69) is 0 Å². The van der Waals surface area contributed by atoms with Gasteiger partial charge in [-0.1, -0.05) is 29.8 Å². The number of rotatable bonds is 4. The summed E-state index contributed by atoms with van der Waals surface area (Å²) in [6, 6.07) is 11.5. The van der Waals surface area contributed by atoms with Crippen molar-refractivity contribution in [3.8, 4) is 0 Å². The van der Waals surface area contributed by atoms with Crippen LogP contribution in [-0.2, 0) is 9.84 Å². The Morgan fingerprint density at radius 1 is 1.05 bits per heavy atom. The van der Waals surface area contributed by atoms with E-state index in [1.54, 1.807) is 24.3 Å². The van der Waals surface area contributed by atoms with Crippen LogP contribution in [0, 0.1) is 10.1 Å². The quantitative estimate of drug-likeness (QED) is 0.635. The minimum absolute atomic E-state index is 0.0172. The molecule has 7 heteroatoms. The Kier molecular flexibility index (Phi) is 4.40. The second-order valence-electron chi connectivity index (χ2n) is 4.12. The summed E-state index contributed by atoms with van der Waals surface area (Å²) >= 11 is 5.93. The van der Waals surface area contributed by atoms with Crippen molar-refractivity contribution in [3.05, 3.63) is 74.6 Å². The molecule has 0 saturated carbocycles. The predicted molar refractivity (Wildman–Crippen MR) is 80.8 cm³/mol. The molecule has 2 aromatic carbocycles. The third kappa shape index (κ3) is 3.68. The Morgan fingerprint density at radius 2 is 1.67 bits per heavy atom. The predicted octanol–water partition coefficient (Wildman–Crippen LogP) is 3.69. The number of nitro benzene ring substituents is 1. The van der Waals surface area contributed by atoms with Gasteiger partial charge in [-0.05, 0) is 29.8 Å². The molecule has 2 rings (SSSR count). The van der Waals surface area contributed by atoms with Gasteiger partial charge in [0.25, 0.3) is 5.69 Å². The molecule has 0 aliphatic rings. The maximum atomic E-state index is 12.1. The van der Waals surface area contributed by atoms with Crippen LogP contribution in [0.1, 0.15) is 5.56 Å². The van der Waals surface area contributed by atoms with Gasteiger partial charge in [-0.15, -0.1) is 0 Å². The van der Waals surface area contributed by atoms with Crippen molar-refractivity contribution in [2.75, 3.05) is 0 Å². The molecule has 0 fully saturated rings. The summed E-state index contributed by atoms with van der Waals surface area (Å²) in [5.41, 5.74) is 0.411. The second kappa shape index (κ2) is 6.07. The van der Waals surface area contributed by atoms with Crippen molar-refractivity contribution in [1.82, 2.24) is 0 Å². The standard InChI is InChI=1S/C14H10ClNO4S/c15-14-4-2-1-3-11(14)9-10-21(19,20)13-7-5-12(6-8-13)16(17)18/h1-10H/b10-9+. The highest BCUT2D eigenvalue weighted by Crippen LogP contribution is 2.20. The van der Waals surface area contributed by atoms with E-state index in [9.17, 15) is 18.5 Å². The van der Waals surface area contributed by atoms with Crippen LogP contribution in [-0.4, -0.2) is 13.3 Å². The molecular weight excluding hydrogens is 314 g/mol. The van der Waals surface area contributed by atoms with Crippen molar-refractivity contribution in [2.45, 2.75) is 4.90 Å². The van der Waals surface area contributed by atoms with Gasteiger partial charge in [-0.25, -0.2) is 8.42 Å². The highest BCUT2D eigenvalue weighted by molar-refractivity contribution is 7.94. The average Bonchev–Trinajstić information content (AvgIpc) is 2.46. The van der Waals surface area contributed by atoms with Crippen LogP contribution in [0.15, 0.2) is 58.8 Å². The van der Waals surface area contributed by atoms with E-state index < -0.39 is 14.8 Å². The van der Waals surface area contributed by atoms with Gasteiger partial charge in [0.15, 0.2) is 9.84 Å². The number of benzene rings is 2. The van der Waals surface area contributed by atoms with Gasteiger partial charge in [0.2, 0.25) is 0 Å². The molecule has 0 heterocycles. The fourth-order valence-corrected chi connectivity index (χ4v) is 2.81. The molecule has 0 aromatic heterocycles. The maximum absolute atomic E-state index is 12.1. The van der Waals surface area contributed by atoms with Crippen LogP contribution in [0.4, 0.5) is 5.69 Å². The van der Waals surface area contributed by atoms with Crippen LogP contribution >= 0.6 is 11.6 Å². The fraction of sp³-hybridized carbons (Fsp3) is 0. The van der Waals surface area contributed by atoms with E-state index in [1.807, 2.05) is 0 Å². The molecule has 0 unspecified atom stereocenters. The summed E-state index contributed by atoms with van der Waals surface area (Å²) in [5, 5.41) is 12.0. The summed E-state index contributed by atoms with van der Waals surface area (Å²) in [5.74, 6) is 0. The van der Waals surface area contributed by atoms with E-state index in [1.165, 1.54) is 18.2 Å². The Balaban J connectivity index is 2.30. The average molecular weight is 324 g/mol. The SMILES string of the molecule is O=[N+]([O-])c1ccc(S(=O)(=O)/C=C/c2ccccc2Cl)cc1. The van der Waals surface area contributed by atoms with Gasteiger partial charge in [-0.2, -0.15) is 0 Å². The topological polar surface area (TPSA) is 77.3 Å². The van der Waals surface area contributed by atoms with Gasteiger partial charge in [-0.3, -0.25) is 10.1 Å². The lowest BCUT2D eigenvalue weighted by molar-refractivity contribution is -0.384. The molecule has 0 N–H and O–H groups in total. The largest absolute Gasteiger partial charge is 0.269 e. The van der Waals surface area contributed by atoms with E-state index in [4.69, 9.17) is 11.6 Å². The van der Waals surface area contributed by atoms with Crippen LogP contribution < -0.4 is 0 Å². The normalized spacial score (nSPS) is 11.7. The third-order valence-corrected chi connectivity index (χ3v) is 4.48. The van der Waals surface area contributed by atoms with E-state index >= 15 is 0 Å². The van der Waals surface area contributed by atoms with Crippen LogP contribution in [0.5, 0.6) is 0 Å². The first-order chi connectivity index (χ1) is 9.90. The van der Waals surface area contributed by atoms with E-state index in [0.29, 0.717) is 10.6 Å². The molecule has 0 aliphatic heterocycles. The molecule has 108 valence electrons. The van der Waals surface area contributed by atoms with Gasteiger partial charge < -0.3 is 0 Å². The molecule has 0 saturated heterocycles. The van der Waals surface area contributed by atoms with Crippen molar-refractivity contribution >= 4 is 33.2 Å². The summed E-state index contributed by atoms with van der Waals surface area (Å²) in [4.78, 5) is 9.93. The molecule has 21 heavy (non-hydrogen) atoms. The maximum Gasteiger partial charge on any atom is 0.269 e. The van der Waals surface area contributed by atoms with Crippen molar-refractivity contribution in [2.24, 2.45) is 0 Å². The molecule has 0 amide bonds. The monoisotopic (exact) mass is 323 g/mol. The van der Waals surface area contributed by atoms with Crippen molar-refractivity contribution < 1.29 is 13.3 Å². The van der Waals surface area contributed by atoms with Gasteiger partial charge in [0.05, 0.1) is 9.82 Å². The number of non-ortho nitro benzene ring substituents is 1. The summed E-state index contributed by atoms with van der Waals surface area (Å²) < 4.78 is 24.2. The first kappa shape index (κ1) is 15.2.